The van der Waals surface area contributed by atoms with Gasteiger partial charge in [0, 0.05) is 10.8 Å². The Morgan fingerprint density at radius 2 is 1.95 bits per heavy atom. The van der Waals surface area contributed by atoms with E-state index in [0.717, 1.165) is 5.39 Å². The summed E-state index contributed by atoms with van der Waals surface area (Å²) in [5.74, 6) is -0.238. The fourth-order valence-electron chi connectivity index (χ4n) is 1.72. The average Bonchev–Trinajstić information content (AvgIpc) is 2.78. The topological polar surface area (TPSA) is 72.2 Å². The molecule has 0 atom stereocenters. The predicted molar refractivity (Wildman–Crippen MR) is 75.2 cm³/mol. The molecule has 1 heterocycles. The molecule has 1 amide bonds. The van der Waals surface area contributed by atoms with Crippen LogP contribution in [0, 0.1) is 5.41 Å². The summed E-state index contributed by atoms with van der Waals surface area (Å²) < 4.78 is 5.13. The van der Waals surface area contributed by atoms with Gasteiger partial charge in [-0.2, -0.15) is 0 Å². The number of para-hydroxylation sites is 1. The SMILES string of the molecule is CC(C)(C)C(=O)CNC(=O)Cc1noc2ccccc12. The Morgan fingerprint density at radius 3 is 2.65 bits per heavy atom. The van der Waals surface area contributed by atoms with Gasteiger partial charge in [0.05, 0.1) is 13.0 Å². The van der Waals surface area contributed by atoms with Crippen LogP contribution in [0.4, 0.5) is 0 Å². The number of rotatable bonds is 4. The van der Waals surface area contributed by atoms with E-state index in [1.807, 2.05) is 39.0 Å². The number of nitrogens with one attached hydrogen (secondary N) is 1. The van der Waals surface area contributed by atoms with Crippen LogP contribution < -0.4 is 5.32 Å². The largest absolute Gasteiger partial charge is 0.356 e. The van der Waals surface area contributed by atoms with E-state index >= 15 is 0 Å². The minimum atomic E-state index is -0.451. The first-order chi connectivity index (χ1) is 9.38. The standard InChI is InChI=1S/C15H18N2O3/c1-15(2,3)13(18)9-16-14(19)8-11-10-6-4-5-7-12(10)20-17-11/h4-7H,8-9H2,1-3H3,(H,16,19). The lowest BCUT2D eigenvalue weighted by Crippen LogP contribution is -2.36. The highest BCUT2D eigenvalue weighted by atomic mass is 16.5. The number of nitrogens with zero attached hydrogens (tertiary/aromatic N) is 1. The summed E-state index contributed by atoms with van der Waals surface area (Å²) in [5, 5.41) is 7.34. The van der Waals surface area contributed by atoms with Gasteiger partial charge in [-0.3, -0.25) is 9.59 Å². The van der Waals surface area contributed by atoms with Crippen LogP contribution in [-0.4, -0.2) is 23.4 Å². The molecular weight excluding hydrogens is 256 g/mol. The molecule has 1 aromatic carbocycles. The van der Waals surface area contributed by atoms with Gasteiger partial charge in [0.25, 0.3) is 0 Å². The van der Waals surface area contributed by atoms with Gasteiger partial charge in [0.1, 0.15) is 5.69 Å². The monoisotopic (exact) mass is 274 g/mol. The molecule has 5 nitrogen and oxygen atoms in total. The van der Waals surface area contributed by atoms with Crippen LogP contribution in [0.3, 0.4) is 0 Å². The lowest BCUT2D eigenvalue weighted by atomic mass is 9.91. The molecule has 2 rings (SSSR count). The van der Waals surface area contributed by atoms with Crippen molar-refractivity contribution in [1.82, 2.24) is 10.5 Å². The Balaban J connectivity index is 1.97. The maximum absolute atomic E-state index is 11.8. The minimum Gasteiger partial charge on any atom is -0.356 e. The van der Waals surface area contributed by atoms with E-state index in [1.54, 1.807) is 6.07 Å². The third-order valence-electron chi connectivity index (χ3n) is 3.06. The van der Waals surface area contributed by atoms with E-state index in [4.69, 9.17) is 4.52 Å². The summed E-state index contributed by atoms with van der Waals surface area (Å²) in [4.78, 5) is 23.6. The highest BCUT2D eigenvalue weighted by Crippen LogP contribution is 2.18. The van der Waals surface area contributed by atoms with E-state index in [2.05, 4.69) is 10.5 Å². The van der Waals surface area contributed by atoms with Crippen molar-refractivity contribution < 1.29 is 14.1 Å². The third kappa shape index (κ3) is 3.23. The number of aromatic nitrogens is 1. The van der Waals surface area contributed by atoms with E-state index in [0.29, 0.717) is 11.3 Å². The highest BCUT2D eigenvalue weighted by Gasteiger charge is 2.21. The molecule has 0 spiro atoms. The maximum atomic E-state index is 11.8. The number of carbonyl (C=O) groups is 2. The van der Waals surface area contributed by atoms with E-state index in [1.165, 1.54) is 0 Å². The molecule has 5 heteroatoms. The number of hydrogen-bond acceptors (Lipinski definition) is 4. The van der Waals surface area contributed by atoms with Crippen molar-refractivity contribution in [3.63, 3.8) is 0 Å². The Hall–Kier alpha value is -2.17. The van der Waals surface area contributed by atoms with Gasteiger partial charge < -0.3 is 9.84 Å². The molecule has 0 aliphatic carbocycles. The first-order valence-corrected chi connectivity index (χ1v) is 6.51. The number of Topliss-reactive ketones (excluding diaryl/α,β-unsaturated/α-hetero) is 1. The molecule has 20 heavy (non-hydrogen) atoms. The quantitative estimate of drug-likeness (QED) is 0.926. The van der Waals surface area contributed by atoms with E-state index in [-0.39, 0.29) is 24.7 Å². The van der Waals surface area contributed by atoms with Crippen LogP contribution >= 0.6 is 0 Å². The molecule has 0 unspecified atom stereocenters. The number of carbonyl (C=O) groups excluding carboxylic acids is 2. The number of benzene rings is 1. The number of fused-ring (bicyclic) bond motifs is 1. The van der Waals surface area contributed by atoms with Crippen molar-refractivity contribution in [2.45, 2.75) is 27.2 Å². The lowest BCUT2D eigenvalue weighted by Gasteiger charge is -2.16. The van der Waals surface area contributed by atoms with E-state index in [9.17, 15) is 9.59 Å². The molecule has 1 N–H and O–H groups in total. The molecular formula is C15H18N2O3. The first kappa shape index (κ1) is 14.2. The van der Waals surface area contributed by atoms with Crippen LogP contribution in [0.5, 0.6) is 0 Å². The second kappa shape index (κ2) is 5.45. The first-order valence-electron chi connectivity index (χ1n) is 6.51. The fraction of sp³-hybridized carbons (Fsp3) is 0.400. The fourth-order valence-corrected chi connectivity index (χ4v) is 1.72. The Bertz CT molecular complexity index is 638. The summed E-state index contributed by atoms with van der Waals surface area (Å²) >= 11 is 0. The molecule has 0 bridgehead atoms. The molecule has 0 aliphatic heterocycles. The van der Waals surface area contributed by atoms with Crippen LogP contribution in [-0.2, 0) is 16.0 Å². The Labute approximate surface area is 117 Å². The lowest BCUT2D eigenvalue weighted by molar-refractivity contribution is -0.128. The summed E-state index contributed by atoms with van der Waals surface area (Å²) in [5.41, 5.74) is 0.788. The average molecular weight is 274 g/mol. The second-order valence-electron chi connectivity index (χ2n) is 5.75. The summed E-state index contributed by atoms with van der Waals surface area (Å²) in [6.07, 6.45) is 0.106. The molecule has 0 radical (unpaired) electrons. The molecule has 0 saturated carbocycles. The second-order valence-corrected chi connectivity index (χ2v) is 5.75. The summed E-state index contributed by atoms with van der Waals surface area (Å²) in [6.45, 7) is 5.52. The number of amides is 1. The summed E-state index contributed by atoms with van der Waals surface area (Å²) in [7, 11) is 0. The molecule has 1 aromatic heterocycles. The van der Waals surface area contributed by atoms with Crippen LogP contribution in [0.1, 0.15) is 26.5 Å². The number of hydrogen-bond donors (Lipinski definition) is 1. The van der Waals surface area contributed by atoms with Crippen molar-refractivity contribution in [3.05, 3.63) is 30.0 Å². The van der Waals surface area contributed by atoms with Crippen LogP contribution in [0.15, 0.2) is 28.8 Å². The zero-order chi connectivity index (χ0) is 14.8. The van der Waals surface area contributed by atoms with Crippen molar-refractivity contribution in [3.8, 4) is 0 Å². The zero-order valence-electron chi connectivity index (χ0n) is 11.9. The van der Waals surface area contributed by atoms with Crippen molar-refractivity contribution in [2.75, 3.05) is 6.54 Å². The molecule has 106 valence electrons. The van der Waals surface area contributed by atoms with Gasteiger partial charge in [-0.25, -0.2) is 0 Å². The van der Waals surface area contributed by atoms with Gasteiger partial charge in [-0.05, 0) is 12.1 Å². The van der Waals surface area contributed by atoms with Crippen LogP contribution in [0.25, 0.3) is 11.0 Å². The van der Waals surface area contributed by atoms with Gasteiger partial charge >= 0.3 is 0 Å². The third-order valence-corrected chi connectivity index (χ3v) is 3.06. The zero-order valence-corrected chi connectivity index (χ0v) is 11.9. The molecule has 2 aromatic rings. The Morgan fingerprint density at radius 1 is 1.25 bits per heavy atom. The van der Waals surface area contributed by atoms with Gasteiger partial charge in [-0.1, -0.05) is 38.1 Å². The molecule has 0 saturated heterocycles. The van der Waals surface area contributed by atoms with Crippen LogP contribution in [0.2, 0.25) is 0 Å². The predicted octanol–water partition coefficient (Wildman–Crippen LogP) is 2.10. The van der Waals surface area contributed by atoms with E-state index < -0.39 is 5.41 Å². The summed E-state index contributed by atoms with van der Waals surface area (Å²) in [6, 6.07) is 7.37. The van der Waals surface area contributed by atoms with Gasteiger partial charge in [-0.15, -0.1) is 0 Å². The van der Waals surface area contributed by atoms with Gasteiger partial charge in [0.2, 0.25) is 5.91 Å². The highest BCUT2D eigenvalue weighted by molar-refractivity contribution is 5.91. The van der Waals surface area contributed by atoms with Crippen molar-refractivity contribution in [2.24, 2.45) is 5.41 Å². The number of ketones is 1. The molecule has 0 aliphatic rings. The normalized spacial score (nSPS) is 11.6. The smallest absolute Gasteiger partial charge is 0.226 e. The maximum Gasteiger partial charge on any atom is 0.226 e. The molecule has 0 fully saturated rings. The van der Waals surface area contributed by atoms with Crippen molar-refractivity contribution >= 4 is 22.7 Å². The Kier molecular flexibility index (Phi) is 3.88. The van der Waals surface area contributed by atoms with Crippen molar-refractivity contribution in [1.29, 1.82) is 0 Å². The van der Waals surface area contributed by atoms with Gasteiger partial charge in [0.15, 0.2) is 11.4 Å². The minimum absolute atomic E-state index is 0.00383.